The first kappa shape index (κ1) is 15.6. The molecule has 2 fully saturated rings. The van der Waals surface area contributed by atoms with Gasteiger partial charge in [-0.15, -0.1) is 0 Å². The van der Waals surface area contributed by atoms with E-state index < -0.39 is 15.1 Å². The Morgan fingerprint density at radius 3 is 2.83 bits per heavy atom. The van der Waals surface area contributed by atoms with E-state index in [-0.39, 0.29) is 36.7 Å². The number of hydrogen-bond acceptors (Lipinski definition) is 5. The minimum absolute atomic E-state index is 0.0373. The van der Waals surface area contributed by atoms with E-state index in [9.17, 15) is 13.2 Å². The summed E-state index contributed by atoms with van der Waals surface area (Å²) in [7, 11) is -3.18. The van der Waals surface area contributed by atoms with E-state index in [0.717, 1.165) is 16.9 Å². The van der Waals surface area contributed by atoms with E-state index in [0.29, 0.717) is 6.54 Å². The molecule has 0 saturated carbocycles. The lowest BCUT2D eigenvalue weighted by Crippen LogP contribution is -2.37. The Labute approximate surface area is 140 Å². The number of rotatable bonds is 2. The molecule has 4 rings (SSSR count). The number of nitrogens with two attached hydrogens (primary N) is 1. The molecule has 0 unspecified atom stereocenters. The maximum atomic E-state index is 12.7. The summed E-state index contributed by atoms with van der Waals surface area (Å²) in [6, 6.07) is 7.30. The van der Waals surface area contributed by atoms with Crippen molar-refractivity contribution in [3.63, 3.8) is 0 Å². The zero-order valence-electron chi connectivity index (χ0n) is 13.4. The first-order chi connectivity index (χ1) is 11.4. The third kappa shape index (κ3) is 2.32. The summed E-state index contributed by atoms with van der Waals surface area (Å²) >= 11 is 0. The second kappa shape index (κ2) is 5.29. The van der Waals surface area contributed by atoms with Gasteiger partial charge < -0.3 is 15.2 Å². The second-order valence-electron chi connectivity index (χ2n) is 6.73. The van der Waals surface area contributed by atoms with Crippen molar-refractivity contribution in [3.05, 3.63) is 30.1 Å². The maximum absolute atomic E-state index is 12.7. The fourth-order valence-electron chi connectivity index (χ4n) is 3.94. The fourth-order valence-corrected chi connectivity index (χ4v) is 6.20. The highest BCUT2D eigenvalue weighted by Gasteiger charge is 2.51. The van der Waals surface area contributed by atoms with E-state index in [4.69, 9.17) is 5.73 Å². The number of fused-ring (bicyclic) bond motifs is 2. The fraction of sp³-hybridized carbons (Fsp3) is 0.500. The summed E-state index contributed by atoms with van der Waals surface area (Å²) in [5.41, 5.74) is 7.72. The van der Waals surface area contributed by atoms with E-state index in [2.05, 4.69) is 4.98 Å². The summed E-state index contributed by atoms with van der Waals surface area (Å²) in [4.78, 5) is 18.8. The molecule has 24 heavy (non-hydrogen) atoms. The van der Waals surface area contributed by atoms with Gasteiger partial charge in [0, 0.05) is 25.0 Å². The molecule has 2 aliphatic heterocycles. The Hall–Kier alpha value is -1.93. The van der Waals surface area contributed by atoms with E-state index in [1.807, 2.05) is 35.8 Å². The molecule has 0 bridgehead atoms. The third-order valence-corrected chi connectivity index (χ3v) is 7.51. The van der Waals surface area contributed by atoms with E-state index in [1.54, 1.807) is 4.90 Å². The van der Waals surface area contributed by atoms with Crippen LogP contribution in [0.5, 0.6) is 0 Å². The van der Waals surface area contributed by atoms with Crippen LogP contribution in [0, 0.1) is 12.8 Å². The van der Waals surface area contributed by atoms with Crippen molar-refractivity contribution in [1.29, 1.82) is 0 Å². The lowest BCUT2D eigenvalue weighted by Gasteiger charge is -2.19. The van der Waals surface area contributed by atoms with Crippen LogP contribution in [-0.2, 0) is 21.2 Å². The van der Waals surface area contributed by atoms with Crippen molar-refractivity contribution in [1.82, 2.24) is 14.5 Å². The molecule has 8 heteroatoms. The molecule has 1 aromatic carbocycles. The highest BCUT2D eigenvalue weighted by molar-refractivity contribution is 7.92. The molecule has 0 aliphatic carbocycles. The molecular formula is C16H20N4O3S. The van der Waals surface area contributed by atoms with Crippen LogP contribution in [0.15, 0.2) is 24.3 Å². The van der Waals surface area contributed by atoms with Gasteiger partial charge in [-0.25, -0.2) is 13.4 Å². The number of aromatic nitrogens is 2. The maximum Gasteiger partial charge on any atom is 0.242 e. The number of benzene rings is 1. The summed E-state index contributed by atoms with van der Waals surface area (Å²) in [6.45, 7) is 2.72. The van der Waals surface area contributed by atoms with Gasteiger partial charge in [-0.1, -0.05) is 12.1 Å². The first-order valence-electron chi connectivity index (χ1n) is 8.03. The summed E-state index contributed by atoms with van der Waals surface area (Å²) in [5.74, 6) is 0.584. The molecule has 2 aliphatic rings. The average molecular weight is 348 g/mol. The van der Waals surface area contributed by atoms with Crippen LogP contribution in [0.3, 0.4) is 0 Å². The van der Waals surface area contributed by atoms with Gasteiger partial charge in [-0.05, 0) is 19.1 Å². The minimum atomic E-state index is -3.18. The molecule has 0 radical (unpaired) electrons. The molecule has 2 aromatic rings. The highest BCUT2D eigenvalue weighted by atomic mass is 32.2. The van der Waals surface area contributed by atoms with Crippen LogP contribution >= 0.6 is 0 Å². The zero-order valence-corrected chi connectivity index (χ0v) is 14.2. The predicted octanol–water partition coefficient (Wildman–Crippen LogP) is -0.0726. The summed E-state index contributed by atoms with van der Waals surface area (Å²) in [5, 5.41) is -0.503. The number of hydrogen-bond donors (Lipinski definition) is 1. The zero-order chi connectivity index (χ0) is 17.1. The standard InChI is InChI=1S/C16H20N4O3S/c1-10-18-13-4-2-3-5-14(13)20(10)8-16(21)19-6-11-12(17)9-24(22,23)15(11)7-19/h2-5,11-12,15H,6-9,17H2,1H3/t11-,12+,15-/m1/s1. The van der Waals surface area contributed by atoms with Gasteiger partial charge >= 0.3 is 0 Å². The van der Waals surface area contributed by atoms with Crippen molar-refractivity contribution in [2.24, 2.45) is 11.7 Å². The molecule has 1 aromatic heterocycles. The van der Waals surface area contributed by atoms with Crippen LogP contribution in [0.4, 0.5) is 0 Å². The molecule has 3 atom stereocenters. The van der Waals surface area contributed by atoms with Gasteiger partial charge in [-0.3, -0.25) is 4.79 Å². The Kier molecular flexibility index (Phi) is 3.43. The molecular weight excluding hydrogens is 328 g/mol. The monoisotopic (exact) mass is 348 g/mol. The number of amides is 1. The first-order valence-corrected chi connectivity index (χ1v) is 9.75. The number of sulfone groups is 1. The number of likely N-dealkylation sites (tertiary alicyclic amines) is 1. The number of carbonyl (C=O) groups is 1. The second-order valence-corrected chi connectivity index (χ2v) is 8.99. The lowest BCUT2D eigenvalue weighted by molar-refractivity contribution is -0.130. The van der Waals surface area contributed by atoms with Crippen molar-refractivity contribution >= 4 is 26.8 Å². The van der Waals surface area contributed by atoms with Crippen molar-refractivity contribution in [2.75, 3.05) is 18.8 Å². The largest absolute Gasteiger partial charge is 0.339 e. The molecule has 0 spiro atoms. The number of aryl methyl sites for hydroxylation is 1. The Bertz CT molecular complexity index is 921. The van der Waals surface area contributed by atoms with Crippen molar-refractivity contribution in [3.8, 4) is 0 Å². The number of imidazole rings is 1. The van der Waals surface area contributed by atoms with E-state index in [1.165, 1.54) is 0 Å². The van der Waals surface area contributed by atoms with E-state index >= 15 is 0 Å². The SMILES string of the molecule is Cc1nc2ccccc2n1CC(=O)N1C[C@H]2[C@@H](C1)S(=O)(=O)C[C@@H]2N. The highest BCUT2D eigenvalue weighted by Crippen LogP contribution is 2.33. The summed E-state index contributed by atoms with van der Waals surface area (Å²) in [6.07, 6.45) is 0. The van der Waals surface area contributed by atoms with Gasteiger partial charge in [0.1, 0.15) is 12.4 Å². The minimum Gasteiger partial charge on any atom is -0.339 e. The van der Waals surface area contributed by atoms with Gasteiger partial charge in [-0.2, -0.15) is 0 Å². The smallest absolute Gasteiger partial charge is 0.242 e. The molecule has 2 saturated heterocycles. The topological polar surface area (TPSA) is 98.3 Å². The number of carbonyl (C=O) groups excluding carboxylic acids is 1. The van der Waals surface area contributed by atoms with Gasteiger partial charge in [0.05, 0.1) is 22.0 Å². The van der Waals surface area contributed by atoms with Crippen LogP contribution in [0.2, 0.25) is 0 Å². The summed E-state index contributed by atoms with van der Waals surface area (Å²) < 4.78 is 26.1. The Balaban J connectivity index is 1.56. The van der Waals surface area contributed by atoms with Crippen molar-refractivity contribution < 1.29 is 13.2 Å². The number of nitrogens with zero attached hydrogens (tertiary/aromatic N) is 3. The van der Waals surface area contributed by atoms with Crippen LogP contribution in [0.25, 0.3) is 11.0 Å². The number of para-hydroxylation sites is 2. The Morgan fingerprint density at radius 1 is 1.33 bits per heavy atom. The van der Waals surface area contributed by atoms with Gasteiger partial charge in [0.2, 0.25) is 5.91 Å². The van der Waals surface area contributed by atoms with Crippen LogP contribution in [-0.4, -0.2) is 58.9 Å². The Morgan fingerprint density at radius 2 is 2.08 bits per heavy atom. The molecule has 7 nitrogen and oxygen atoms in total. The predicted molar refractivity (Wildman–Crippen MR) is 90.1 cm³/mol. The normalized spacial score (nSPS) is 28.4. The average Bonchev–Trinajstić information content (AvgIpc) is 3.15. The lowest BCUT2D eigenvalue weighted by atomic mass is 10.0. The third-order valence-electron chi connectivity index (χ3n) is 5.24. The van der Waals surface area contributed by atoms with Crippen LogP contribution in [0.1, 0.15) is 5.82 Å². The molecule has 128 valence electrons. The molecule has 3 heterocycles. The van der Waals surface area contributed by atoms with Crippen molar-refractivity contribution in [2.45, 2.75) is 24.8 Å². The quantitative estimate of drug-likeness (QED) is 0.819. The van der Waals surface area contributed by atoms with Gasteiger partial charge in [0.25, 0.3) is 0 Å². The van der Waals surface area contributed by atoms with Gasteiger partial charge in [0.15, 0.2) is 9.84 Å². The van der Waals surface area contributed by atoms with Crippen LogP contribution < -0.4 is 5.73 Å². The molecule has 1 amide bonds. The molecule has 2 N–H and O–H groups in total.